The fourth-order valence-electron chi connectivity index (χ4n) is 4.07. The molecule has 1 amide bonds. The Bertz CT molecular complexity index is 471. The second kappa shape index (κ2) is 6.61. The third kappa shape index (κ3) is 3.29. The van der Waals surface area contributed by atoms with Crippen molar-refractivity contribution in [1.82, 2.24) is 4.90 Å². The molecule has 0 radical (unpaired) electrons. The van der Waals surface area contributed by atoms with E-state index in [-0.39, 0.29) is 5.91 Å². The smallest absolute Gasteiger partial charge is 0.240 e. The molecule has 2 aliphatic rings. The number of carbonyl (C=O) groups is 1. The molecule has 1 aromatic carbocycles. The van der Waals surface area contributed by atoms with E-state index in [1.165, 1.54) is 32.1 Å². The second-order valence-electron chi connectivity index (χ2n) is 6.58. The molecule has 1 heterocycles. The lowest BCUT2D eigenvalue weighted by atomic mass is 9.78. The molecule has 114 valence electrons. The number of nitrogens with two attached hydrogens (primary N) is 1. The van der Waals surface area contributed by atoms with Gasteiger partial charge in [0.1, 0.15) is 0 Å². The van der Waals surface area contributed by atoms with Crippen LogP contribution < -0.4 is 5.73 Å². The molecule has 3 atom stereocenters. The minimum atomic E-state index is -0.395. The summed E-state index contributed by atoms with van der Waals surface area (Å²) in [6.45, 7) is 0.905. The Hall–Kier alpha value is -1.35. The Kier molecular flexibility index (Phi) is 4.59. The van der Waals surface area contributed by atoms with Crippen LogP contribution in [-0.4, -0.2) is 29.4 Å². The van der Waals surface area contributed by atoms with Gasteiger partial charge in [-0.2, -0.15) is 0 Å². The van der Waals surface area contributed by atoms with E-state index in [4.69, 9.17) is 5.73 Å². The first-order valence-corrected chi connectivity index (χ1v) is 8.35. The van der Waals surface area contributed by atoms with E-state index < -0.39 is 6.04 Å². The third-order valence-corrected chi connectivity index (χ3v) is 5.14. The van der Waals surface area contributed by atoms with Gasteiger partial charge in [0.2, 0.25) is 5.91 Å². The zero-order valence-electron chi connectivity index (χ0n) is 12.7. The highest BCUT2D eigenvalue weighted by Gasteiger charge is 2.37. The monoisotopic (exact) mass is 286 g/mol. The van der Waals surface area contributed by atoms with E-state index in [1.54, 1.807) is 0 Å². The summed E-state index contributed by atoms with van der Waals surface area (Å²) >= 11 is 0. The number of piperidine rings is 1. The van der Waals surface area contributed by atoms with Crippen molar-refractivity contribution in [1.29, 1.82) is 0 Å². The van der Waals surface area contributed by atoms with Crippen molar-refractivity contribution in [2.24, 2.45) is 11.7 Å². The van der Waals surface area contributed by atoms with Crippen LogP contribution in [-0.2, 0) is 11.2 Å². The number of hydrogen-bond donors (Lipinski definition) is 1. The zero-order chi connectivity index (χ0) is 14.7. The van der Waals surface area contributed by atoms with Crippen LogP contribution in [0.15, 0.2) is 30.3 Å². The van der Waals surface area contributed by atoms with E-state index >= 15 is 0 Å². The van der Waals surface area contributed by atoms with Crippen LogP contribution in [0, 0.1) is 5.92 Å². The van der Waals surface area contributed by atoms with Crippen molar-refractivity contribution in [3.8, 4) is 0 Å². The average molecular weight is 286 g/mol. The van der Waals surface area contributed by atoms with Crippen molar-refractivity contribution < 1.29 is 4.79 Å². The summed E-state index contributed by atoms with van der Waals surface area (Å²) in [6.07, 6.45) is 8.15. The summed E-state index contributed by atoms with van der Waals surface area (Å²) in [5, 5.41) is 0. The molecule has 21 heavy (non-hydrogen) atoms. The molecule has 1 aliphatic carbocycles. The Morgan fingerprint density at radius 1 is 1.14 bits per heavy atom. The predicted molar refractivity (Wildman–Crippen MR) is 84.8 cm³/mol. The van der Waals surface area contributed by atoms with Crippen LogP contribution >= 0.6 is 0 Å². The maximum Gasteiger partial charge on any atom is 0.240 e. The SMILES string of the molecule is NC(Cc1ccccc1)C(=O)N1CCCC2CCCCC21. The average Bonchev–Trinajstić information content (AvgIpc) is 2.54. The molecular formula is C18H26N2O. The zero-order valence-corrected chi connectivity index (χ0v) is 12.7. The van der Waals surface area contributed by atoms with Gasteiger partial charge in [0.25, 0.3) is 0 Å². The molecule has 1 aliphatic heterocycles. The largest absolute Gasteiger partial charge is 0.338 e. The summed E-state index contributed by atoms with van der Waals surface area (Å²) in [5.74, 6) is 0.885. The van der Waals surface area contributed by atoms with Gasteiger partial charge in [-0.15, -0.1) is 0 Å². The predicted octanol–water partition coefficient (Wildman–Crippen LogP) is 2.74. The molecule has 1 aromatic rings. The highest BCUT2D eigenvalue weighted by Crippen LogP contribution is 2.35. The normalized spacial score (nSPS) is 27.0. The molecule has 3 rings (SSSR count). The minimum Gasteiger partial charge on any atom is -0.338 e. The Balaban J connectivity index is 1.65. The topological polar surface area (TPSA) is 46.3 Å². The Morgan fingerprint density at radius 2 is 1.86 bits per heavy atom. The van der Waals surface area contributed by atoms with Crippen molar-refractivity contribution in [3.63, 3.8) is 0 Å². The van der Waals surface area contributed by atoms with Gasteiger partial charge in [-0.05, 0) is 43.6 Å². The van der Waals surface area contributed by atoms with Gasteiger partial charge in [-0.1, -0.05) is 43.2 Å². The van der Waals surface area contributed by atoms with E-state index in [1.807, 2.05) is 30.3 Å². The Morgan fingerprint density at radius 3 is 2.67 bits per heavy atom. The van der Waals surface area contributed by atoms with E-state index in [9.17, 15) is 4.79 Å². The minimum absolute atomic E-state index is 0.162. The maximum absolute atomic E-state index is 12.8. The van der Waals surface area contributed by atoms with Crippen LogP contribution in [0.4, 0.5) is 0 Å². The molecule has 3 unspecified atom stereocenters. The van der Waals surface area contributed by atoms with Gasteiger partial charge in [0.05, 0.1) is 6.04 Å². The quantitative estimate of drug-likeness (QED) is 0.928. The number of rotatable bonds is 3. The van der Waals surface area contributed by atoms with Gasteiger partial charge >= 0.3 is 0 Å². The lowest BCUT2D eigenvalue weighted by Crippen LogP contribution is -2.55. The van der Waals surface area contributed by atoms with E-state index in [0.717, 1.165) is 24.4 Å². The van der Waals surface area contributed by atoms with Crippen LogP contribution in [0.5, 0.6) is 0 Å². The molecular weight excluding hydrogens is 260 g/mol. The lowest BCUT2D eigenvalue weighted by Gasteiger charge is -2.45. The molecule has 0 spiro atoms. The summed E-state index contributed by atoms with van der Waals surface area (Å²) in [6, 6.07) is 10.2. The van der Waals surface area contributed by atoms with Gasteiger partial charge in [-0.25, -0.2) is 0 Å². The molecule has 0 bridgehead atoms. The number of fused-ring (bicyclic) bond motifs is 1. The number of amides is 1. The first kappa shape index (κ1) is 14.6. The first-order chi connectivity index (χ1) is 10.3. The number of carbonyl (C=O) groups excluding carboxylic acids is 1. The number of hydrogen-bond acceptors (Lipinski definition) is 2. The fraction of sp³-hybridized carbons (Fsp3) is 0.611. The Labute approximate surface area is 127 Å². The second-order valence-corrected chi connectivity index (χ2v) is 6.58. The van der Waals surface area contributed by atoms with Crippen LogP contribution in [0.25, 0.3) is 0 Å². The first-order valence-electron chi connectivity index (χ1n) is 8.35. The van der Waals surface area contributed by atoms with Crippen LogP contribution in [0.1, 0.15) is 44.1 Å². The fourth-order valence-corrected chi connectivity index (χ4v) is 4.07. The molecule has 1 saturated carbocycles. The van der Waals surface area contributed by atoms with Crippen molar-refractivity contribution in [2.45, 2.75) is 57.0 Å². The number of nitrogens with zero attached hydrogens (tertiary/aromatic N) is 1. The lowest BCUT2D eigenvalue weighted by molar-refractivity contribution is -0.139. The maximum atomic E-state index is 12.8. The summed E-state index contributed by atoms with van der Waals surface area (Å²) < 4.78 is 0. The van der Waals surface area contributed by atoms with Gasteiger partial charge < -0.3 is 10.6 Å². The summed E-state index contributed by atoms with van der Waals surface area (Å²) in [7, 11) is 0. The van der Waals surface area contributed by atoms with Crippen LogP contribution in [0.3, 0.4) is 0 Å². The van der Waals surface area contributed by atoms with Gasteiger partial charge in [-0.3, -0.25) is 4.79 Å². The van der Waals surface area contributed by atoms with Crippen molar-refractivity contribution in [2.75, 3.05) is 6.54 Å². The third-order valence-electron chi connectivity index (χ3n) is 5.14. The summed E-state index contributed by atoms with van der Waals surface area (Å²) in [5.41, 5.74) is 7.36. The number of benzene rings is 1. The molecule has 3 heteroatoms. The molecule has 3 nitrogen and oxygen atoms in total. The molecule has 1 saturated heterocycles. The van der Waals surface area contributed by atoms with Crippen molar-refractivity contribution >= 4 is 5.91 Å². The van der Waals surface area contributed by atoms with Gasteiger partial charge in [0, 0.05) is 12.6 Å². The summed E-state index contributed by atoms with van der Waals surface area (Å²) in [4.78, 5) is 14.9. The number of likely N-dealkylation sites (tertiary alicyclic amines) is 1. The highest BCUT2D eigenvalue weighted by molar-refractivity contribution is 5.82. The standard InChI is InChI=1S/C18H26N2O/c19-16(13-14-7-2-1-3-8-14)18(21)20-12-6-10-15-9-4-5-11-17(15)20/h1-3,7-8,15-17H,4-6,9-13,19H2. The van der Waals surface area contributed by atoms with Crippen molar-refractivity contribution in [3.05, 3.63) is 35.9 Å². The molecule has 2 fully saturated rings. The van der Waals surface area contributed by atoms with E-state index in [2.05, 4.69) is 4.90 Å². The molecule has 0 aromatic heterocycles. The van der Waals surface area contributed by atoms with E-state index in [0.29, 0.717) is 12.5 Å². The highest BCUT2D eigenvalue weighted by atomic mass is 16.2. The molecule has 2 N–H and O–H groups in total. The van der Waals surface area contributed by atoms with Crippen LogP contribution in [0.2, 0.25) is 0 Å². The van der Waals surface area contributed by atoms with Gasteiger partial charge in [0.15, 0.2) is 0 Å².